The van der Waals surface area contributed by atoms with E-state index < -0.39 is 0 Å². The van der Waals surface area contributed by atoms with Gasteiger partial charge < -0.3 is 0 Å². The summed E-state index contributed by atoms with van der Waals surface area (Å²) in [4.78, 5) is 2.41. The molecule has 1 aromatic rings. The van der Waals surface area contributed by atoms with Crippen molar-refractivity contribution in [3.05, 3.63) is 34.3 Å². The Morgan fingerprint density at radius 3 is 2.33 bits per heavy atom. The molecule has 3 heteroatoms. The molecule has 0 N–H and O–H groups in total. The van der Waals surface area contributed by atoms with Crippen LogP contribution >= 0.6 is 15.9 Å². The number of nitrogens with zero attached hydrogens (tertiary/aromatic N) is 2. The normalized spacial score (nSPS) is 25.1. The fourth-order valence-electron chi connectivity index (χ4n) is 2.53. The largest absolute Gasteiger partial charge is 0.297 e. The van der Waals surface area contributed by atoms with Gasteiger partial charge in [-0.05, 0) is 38.5 Å². The average Bonchev–Trinajstić information content (AvgIpc) is 2.73. The van der Waals surface area contributed by atoms with Crippen molar-refractivity contribution in [3.63, 3.8) is 0 Å². The van der Waals surface area contributed by atoms with Crippen LogP contribution in [0.15, 0.2) is 28.7 Å². The Labute approximate surface area is 118 Å². The third kappa shape index (κ3) is 2.76. The van der Waals surface area contributed by atoms with Crippen molar-refractivity contribution in [2.24, 2.45) is 5.92 Å². The second-order valence-electron chi connectivity index (χ2n) is 5.97. The van der Waals surface area contributed by atoms with E-state index in [9.17, 15) is 5.26 Å². The number of nitriles is 1. The van der Waals surface area contributed by atoms with Gasteiger partial charge in [-0.3, -0.25) is 4.90 Å². The molecule has 0 bridgehead atoms. The number of hydrogen-bond acceptors (Lipinski definition) is 2. The highest BCUT2D eigenvalue weighted by Crippen LogP contribution is 2.36. The highest BCUT2D eigenvalue weighted by molar-refractivity contribution is 9.10. The highest BCUT2D eigenvalue weighted by Gasteiger charge is 2.38. The van der Waals surface area contributed by atoms with Gasteiger partial charge in [-0.25, -0.2) is 0 Å². The van der Waals surface area contributed by atoms with E-state index in [4.69, 9.17) is 0 Å². The van der Waals surface area contributed by atoms with Crippen molar-refractivity contribution in [3.8, 4) is 6.07 Å². The van der Waals surface area contributed by atoms with Crippen LogP contribution in [0.3, 0.4) is 0 Å². The zero-order valence-electron chi connectivity index (χ0n) is 11.2. The van der Waals surface area contributed by atoms with Gasteiger partial charge in [0.1, 0.15) is 0 Å². The highest BCUT2D eigenvalue weighted by atomic mass is 79.9. The molecule has 0 aliphatic carbocycles. The number of hydrogen-bond donors (Lipinski definition) is 0. The molecule has 0 radical (unpaired) electrons. The van der Waals surface area contributed by atoms with Gasteiger partial charge in [-0.15, -0.1) is 0 Å². The van der Waals surface area contributed by atoms with E-state index in [-0.39, 0.29) is 11.5 Å². The molecule has 0 aromatic heterocycles. The van der Waals surface area contributed by atoms with Crippen LogP contribution in [0.2, 0.25) is 0 Å². The Morgan fingerprint density at radius 2 is 1.83 bits per heavy atom. The topological polar surface area (TPSA) is 27.0 Å². The minimum atomic E-state index is 0.102. The van der Waals surface area contributed by atoms with E-state index in [1.807, 2.05) is 0 Å². The minimum Gasteiger partial charge on any atom is -0.297 e. The lowest BCUT2D eigenvalue weighted by Crippen LogP contribution is -2.39. The summed E-state index contributed by atoms with van der Waals surface area (Å²) in [6.07, 6.45) is 0. The summed E-state index contributed by atoms with van der Waals surface area (Å²) in [5.74, 6) is 0.438. The number of rotatable bonds is 1. The zero-order chi connectivity index (χ0) is 13.3. The molecule has 0 spiro atoms. The third-order valence-electron chi connectivity index (χ3n) is 3.73. The molecule has 1 aliphatic heterocycles. The summed E-state index contributed by atoms with van der Waals surface area (Å²) in [6, 6.07) is 10.9. The Bertz CT molecular complexity index is 453. The molecule has 1 aromatic carbocycles. The van der Waals surface area contributed by atoms with Gasteiger partial charge in [0.05, 0.1) is 12.0 Å². The van der Waals surface area contributed by atoms with Crippen molar-refractivity contribution < 1.29 is 0 Å². The first-order chi connectivity index (χ1) is 8.41. The van der Waals surface area contributed by atoms with Gasteiger partial charge in [-0.2, -0.15) is 5.26 Å². The summed E-state index contributed by atoms with van der Waals surface area (Å²) in [5.41, 5.74) is 1.41. The Hall–Kier alpha value is -0.850. The zero-order valence-corrected chi connectivity index (χ0v) is 12.7. The maximum absolute atomic E-state index is 9.35. The van der Waals surface area contributed by atoms with Crippen LogP contribution < -0.4 is 0 Å². The first kappa shape index (κ1) is 13.6. The van der Waals surface area contributed by atoms with E-state index in [1.165, 1.54) is 5.56 Å². The fourth-order valence-corrected chi connectivity index (χ4v) is 2.79. The van der Waals surface area contributed by atoms with Gasteiger partial charge in [0.15, 0.2) is 0 Å². The van der Waals surface area contributed by atoms with E-state index >= 15 is 0 Å². The van der Waals surface area contributed by atoms with Gasteiger partial charge >= 0.3 is 0 Å². The first-order valence-electron chi connectivity index (χ1n) is 6.32. The van der Waals surface area contributed by atoms with E-state index in [1.54, 1.807) is 0 Å². The number of benzene rings is 1. The quantitative estimate of drug-likeness (QED) is 0.789. The molecule has 1 heterocycles. The maximum atomic E-state index is 9.35. The van der Waals surface area contributed by atoms with Gasteiger partial charge in [0.25, 0.3) is 0 Å². The molecule has 2 nitrogen and oxygen atoms in total. The molecule has 0 unspecified atom stereocenters. The Balaban J connectivity index is 2.23. The van der Waals surface area contributed by atoms with Crippen molar-refractivity contribution in [2.75, 3.05) is 13.1 Å². The lowest BCUT2D eigenvalue weighted by Gasteiger charge is -2.31. The number of likely N-dealkylation sites (tertiary alicyclic amines) is 1. The Morgan fingerprint density at radius 1 is 1.22 bits per heavy atom. The smallest absolute Gasteiger partial charge is 0.0676 e. The molecule has 1 saturated heterocycles. The lowest BCUT2D eigenvalue weighted by atomic mass is 9.90. The van der Waals surface area contributed by atoms with Crippen molar-refractivity contribution >= 4 is 15.9 Å². The van der Waals surface area contributed by atoms with Crippen LogP contribution in [0, 0.1) is 17.2 Å². The molecule has 1 fully saturated rings. The van der Waals surface area contributed by atoms with Crippen LogP contribution in [0.1, 0.15) is 32.3 Å². The summed E-state index contributed by atoms with van der Waals surface area (Å²) in [6.45, 7) is 8.49. The summed E-state index contributed by atoms with van der Waals surface area (Å²) in [7, 11) is 0. The first-order valence-corrected chi connectivity index (χ1v) is 7.11. The molecule has 1 aliphatic rings. The summed E-state index contributed by atoms with van der Waals surface area (Å²) >= 11 is 3.45. The molecule has 2 rings (SSSR count). The maximum Gasteiger partial charge on any atom is 0.0676 e. The predicted molar refractivity (Wildman–Crippen MR) is 77.3 cm³/mol. The number of halogens is 1. The van der Waals surface area contributed by atoms with Gasteiger partial charge in [0, 0.05) is 29.0 Å². The van der Waals surface area contributed by atoms with Crippen LogP contribution in [0.25, 0.3) is 0 Å². The second-order valence-corrected chi connectivity index (χ2v) is 6.89. The molecule has 96 valence electrons. The second kappa shape index (κ2) is 5.03. The molecular weight excluding hydrogens is 288 g/mol. The van der Waals surface area contributed by atoms with Crippen LogP contribution in [-0.4, -0.2) is 23.5 Å². The lowest BCUT2D eigenvalue weighted by molar-refractivity contribution is 0.170. The van der Waals surface area contributed by atoms with E-state index in [2.05, 4.69) is 71.9 Å². The molecular formula is C15H19BrN2. The van der Waals surface area contributed by atoms with Gasteiger partial charge in [0.2, 0.25) is 0 Å². The molecule has 18 heavy (non-hydrogen) atoms. The standard InChI is InChI=1S/C15H19BrN2/c1-15(2,3)18-9-12(8-17)14(10-18)11-4-6-13(16)7-5-11/h4-7,12,14H,9-10H2,1-3H3/t12-,14+/m0/s1. The average molecular weight is 307 g/mol. The predicted octanol–water partition coefficient (Wildman–Crippen LogP) is 3.79. The van der Waals surface area contributed by atoms with Crippen molar-refractivity contribution in [2.45, 2.75) is 32.2 Å². The SMILES string of the molecule is CC(C)(C)N1C[C@H](c2ccc(Br)cc2)[C@@H](C#N)C1. The van der Waals surface area contributed by atoms with Gasteiger partial charge in [-0.1, -0.05) is 28.1 Å². The van der Waals surface area contributed by atoms with Crippen LogP contribution in [-0.2, 0) is 0 Å². The summed E-state index contributed by atoms with van der Waals surface area (Å²) in [5, 5.41) is 9.35. The minimum absolute atomic E-state index is 0.102. The van der Waals surface area contributed by atoms with Crippen molar-refractivity contribution in [1.82, 2.24) is 4.90 Å². The molecule has 0 amide bonds. The van der Waals surface area contributed by atoms with Crippen LogP contribution in [0.4, 0.5) is 0 Å². The molecule has 2 atom stereocenters. The van der Waals surface area contributed by atoms with E-state index in [0.717, 1.165) is 17.6 Å². The third-order valence-corrected chi connectivity index (χ3v) is 4.26. The van der Waals surface area contributed by atoms with Crippen molar-refractivity contribution in [1.29, 1.82) is 5.26 Å². The fraction of sp³-hybridized carbons (Fsp3) is 0.533. The summed E-state index contributed by atoms with van der Waals surface area (Å²) < 4.78 is 1.09. The Kier molecular flexibility index (Phi) is 3.79. The molecule has 0 saturated carbocycles. The van der Waals surface area contributed by atoms with E-state index in [0.29, 0.717) is 5.92 Å². The monoisotopic (exact) mass is 306 g/mol. The van der Waals surface area contributed by atoms with Crippen LogP contribution in [0.5, 0.6) is 0 Å².